The SMILES string of the molecule is CCN(CCOC)C(=O)N1CCCC1C(=O)O. The summed E-state index contributed by atoms with van der Waals surface area (Å²) in [5, 5.41) is 9.03. The van der Waals surface area contributed by atoms with Crippen LogP contribution in [0.4, 0.5) is 4.79 Å². The molecule has 1 heterocycles. The second-order valence-corrected chi connectivity index (χ2v) is 4.04. The molecule has 1 aliphatic heterocycles. The lowest BCUT2D eigenvalue weighted by atomic mass is 10.2. The average molecular weight is 244 g/mol. The van der Waals surface area contributed by atoms with E-state index in [2.05, 4.69) is 0 Å². The summed E-state index contributed by atoms with van der Waals surface area (Å²) in [6.45, 7) is 3.92. The van der Waals surface area contributed by atoms with Crippen molar-refractivity contribution in [1.29, 1.82) is 0 Å². The Labute approximate surface area is 101 Å². The third-order valence-corrected chi connectivity index (χ3v) is 3.00. The highest BCUT2D eigenvalue weighted by molar-refractivity contribution is 5.83. The Kier molecular flexibility index (Phi) is 5.21. The van der Waals surface area contributed by atoms with E-state index >= 15 is 0 Å². The summed E-state index contributed by atoms with van der Waals surface area (Å²) in [6.07, 6.45) is 1.30. The van der Waals surface area contributed by atoms with Gasteiger partial charge in [-0.15, -0.1) is 0 Å². The number of amides is 2. The Balaban J connectivity index is 2.63. The highest BCUT2D eigenvalue weighted by atomic mass is 16.5. The number of ether oxygens (including phenoxy) is 1. The van der Waals surface area contributed by atoms with Gasteiger partial charge in [-0.05, 0) is 19.8 Å². The molecule has 0 aliphatic carbocycles. The fraction of sp³-hybridized carbons (Fsp3) is 0.818. The lowest BCUT2D eigenvalue weighted by molar-refractivity contribution is -0.141. The highest BCUT2D eigenvalue weighted by Gasteiger charge is 2.35. The lowest BCUT2D eigenvalue weighted by Crippen LogP contribution is -2.48. The van der Waals surface area contributed by atoms with Crippen molar-refractivity contribution in [2.24, 2.45) is 0 Å². The minimum atomic E-state index is -0.918. The van der Waals surface area contributed by atoms with Gasteiger partial charge in [0.05, 0.1) is 6.61 Å². The average Bonchev–Trinajstić information content (AvgIpc) is 2.78. The van der Waals surface area contributed by atoms with Gasteiger partial charge in [-0.3, -0.25) is 0 Å². The number of likely N-dealkylation sites (tertiary alicyclic amines) is 1. The predicted molar refractivity (Wildman–Crippen MR) is 61.9 cm³/mol. The smallest absolute Gasteiger partial charge is 0.326 e. The molecule has 17 heavy (non-hydrogen) atoms. The van der Waals surface area contributed by atoms with Gasteiger partial charge in [-0.2, -0.15) is 0 Å². The van der Waals surface area contributed by atoms with Crippen molar-refractivity contribution in [2.45, 2.75) is 25.8 Å². The van der Waals surface area contributed by atoms with Crippen molar-refractivity contribution in [3.63, 3.8) is 0 Å². The van der Waals surface area contributed by atoms with Crippen LogP contribution in [0.1, 0.15) is 19.8 Å². The molecule has 1 saturated heterocycles. The van der Waals surface area contributed by atoms with Gasteiger partial charge in [-0.25, -0.2) is 9.59 Å². The molecule has 1 atom stereocenters. The van der Waals surface area contributed by atoms with Gasteiger partial charge in [0, 0.05) is 26.7 Å². The molecule has 0 aromatic carbocycles. The Bertz CT molecular complexity index is 283. The number of urea groups is 1. The number of nitrogens with zero attached hydrogens (tertiary/aromatic N) is 2. The summed E-state index contributed by atoms with van der Waals surface area (Å²) in [6, 6.07) is -0.867. The van der Waals surface area contributed by atoms with Crippen LogP contribution in [-0.4, -0.2) is 66.3 Å². The van der Waals surface area contributed by atoms with Crippen LogP contribution in [0, 0.1) is 0 Å². The van der Waals surface area contributed by atoms with Crippen LogP contribution in [0.3, 0.4) is 0 Å². The third-order valence-electron chi connectivity index (χ3n) is 3.00. The lowest BCUT2D eigenvalue weighted by Gasteiger charge is -2.29. The van der Waals surface area contributed by atoms with Gasteiger partial charge in [0.2, 0.25) is 0 Å². The largest absolute Gasteiger partial charge is 0.480 e. The van der Waals surface area contributed by atoms with Gasteiger partial charge < -0.3 is 19.6 Å². The van der Waals surface area contributed by atoms with Crippen molar-refractivity contribution >= 4 is 12.0 Å². The van der Waals surface area contributed by atoms with Gasteiger partial charge in [0.1, 0.15) is 6.04 Å². The quantitative estimate of drug-likeness (QED) is 0.769. The molecule has 98 valence electrons. The first kappa shape index (κ1) is 13.8. The molecule has 0 saturated carbocycles. The fourth-order valence-corrected chi connectivity index (χ4v) is 2.02. The molecule has 0 bridgehead atoms. The van der Waals surface area contributed by atoms with E-state index in [4.69, 9.17) is 9.84 Å². The van der Waals surface area contributed by atoms with Crippen LogP contribution < -0.4 is 0 Å². The zero-order valence-electron chi connectivity index (χ0n) is 10.4. The Morgan fingerprint density at radius 2 is 2.24 bits per heavy atom. The highest BCUT2D eigenvalue weighted by Crippen LogP contribution is 2.19. The number of carbonyl (C=O) groups excluding carboxylic acids is 1. The molecule has 0 spiro atoms. The van der Waals surface area contributed by atoms with E-state index in [-0.39, 0.29) is 6.03 Å². The topological polar surface area (TPSA) is 70.1 Å². The minimum absolute atomic E-state index is 0.200. The monoisotopic (exact) mass is 244 g/mol. The first-order valence-electron chi connectivity index (χ1n) is 5.89. The maximum atomic E-state index is 12.1. The molecule has 1 rings (SSSR count). The zero-order valence-corrected chi connectivity index (χ0v) is 10.4. The van der Waals surface area contributed by atoms with Crippen LogP contribution in [0.15, 0.2) is 0 Å². The number of carboxylic acids is 1. The standard InChI is InChI=1S/C11H20N2O4/c1-3-12(7-8-17-2)11(16)13-6-4-5-9(13)10(14)15/h9H,3-8H2,1-2H3,(H,14,15). The van der Waals surface area contributed by atoms with Crippen LogP contribution in [0.2, 0.25) is 0 Å². The molecule has 1 unspecified atom stereocenters. The number of carbonyl (C=O) groups is 2. The summed E-state index contributed by atoms with van der Waals surface area (Å²) in [7, 11) is 1.58. The van der Waals surface area contributed by atoms with Crippen LogP contribution in [0.25, 0.3) is 0 Å². The Morgan fingerprint density at radius 1 is 1.53 bits per heavy atom. The van der Waals surface area contributed by atoms with E-state index < -0.39 is 12.0 Å². The van der Waals surface area contributed by atoms with Crippen molar-refractivity contribution in [3.05, 3.63) is 0 Å². The summed E-state index contributed by atoms with van der Waals surface area (Å²) in [5.41, 5.74) is 0. The molecule has 0 aromatic rings. The van der Waals surface area contributed by atoms with Crippen molar-refractivity contribution in [3.8, 4) is 0 Å². The van der Waals surface area contributed by atoms with Crippen LogP contribution >= 0.6 is 0 Å². The second kappa shape index (κ2) is 6.44. The van der Waals surface area contributed by atoms with Crippen LogP contribution in [-0.2, 0) is 9.53 Å². The molecule has 2 amide bonds. The van der Waals surface area contributed by atoms with E-state index in [1.54, 1.807) is 12.0 Å². The minimum Gasteiger partial charge on any atom is -0.480 e. The maximum absolute atomic E-state index is 12.1. The first-order valence-corrected chi connectivity index (χ1v) is 5.89. The van der Waals surface area contributed by atoms with E-state index in [1.165, 1.54) is 4.90 Å². The fourth-order valence-electron chi connectivity index (χ4n) is 2.02. The molecule has 1 fully saturated rings. The number of likely N-dealkylation sites (N-methyl/N-ethyl adjacent to an activating group) is 1. The number of methoxy groups -OCH3 is 1. The zero-order chi connectivity index (χ0) is 12.8. The van der Waals surface area contributed by atoms with Gasteiger partial charge in [0.25, 0.3) is 0 Å². The number of aliphatic carboxylic acids is 1. The van der Waals surface area contributed by atoms with Gasteiger partial charge in [-0.1, -0.05) is 0 Å². The number of hydrogen-bond acceptors (Lipinski definition) is 3. The normalized spacial score (nSPS) is 19.4. The van der Waals surface area contributed by atoms with Crippen molar-refractivity contribution in [1.82, 2.24) is 9.80 Å². The molecule has 1 aliphatic rings. The molecule has 6 nitrogen and oxygen atoms in total. The van der Waals surface area contributed by atoms with Crippen molar-refractivity contribution < 1.29 is 19.4 Å². The molecular formula is C11H20N2O4. The summed E-state index contributed by atoms with van der Waals surface area (Å²) < 4.78 is 4.93. The second-order valence-electron chi connectivity index (χ2n) is 4.04. The molecule has 1 N–H and O–H groups in total. The molecular weight excluding hydrogens is 224 g/mol. The molecule has 6 heteroatoms. The molecule has 0 aromatic heterocycles. The summed E-state index contributed by atoms with van der Waals surface area (Å²) >= 11 is 0. The maximum Gasteiger partial charge on any atom is 0.326 e. The van der Waals surface area contributed by atoms with Gasteiger partial charge >= 0.3 is 12.0 Å². The van der Waals surface area contributed by atoms with E-state index in [9.17, 15) is 9.59 Å². The number of hydrogen-bond donors (Lipinski definition) is 1. The van der Waals surface area contributed by atoms with E-state index in [0.29, 0.717) is 32.7 Å². The van der Waals surface area contributed by atoms with E-state index in [1.807, 2.05) is 6.92 Å². The Morgan fingerprint density at radius 3 is 2.76 bits per heavy atom. The predicted octanol–water partition coefficient (Wildman–Crippen LogP) is 0.624. The van der Waals surface area contributed by atoms with Gasteiger partial charge in [0.15, 0.2) is 0 Å². The van der Waals surface area contributed by atoms with E-state index in [0.717, 1.165) is 6.42 Å². The first-order chi connectivity index (χ1) is 8.11. The van der Waals surface area contributed by atoms with Crippen LogP contribution in [0.5, 0.6) is 0 Å². The third kappa shape index (κ3) is 3.33. The Hall–Kier alpha value is -1.30. The number of carboxylic acid groups (broad SMARTS) is 1. The number of rotatable bonds is 5. The summed E-state index contributed by atoms with van der Waals surface area (Å²) in [5.74, 6) is -0.918. The summed E-state index contributed by atoms with van der Waals surface area (Å²) in [4.78, 5) is 26.2. The van der Waals surface area contributed by atoms with Crippen molar-refractivity contribution in [2.75, 3.05) is 33.4 Å². The molecule has 0 radical (unpaired) electrons.